The quantitative estimate of drug-likeness (QED) is 0.374. The molecular formula is C25H14BNO2. The molecule has 4 aromatic carbocycles. The molecule has 0 unspecified atom stereocenters. The molecule has 29 heavy (non-hydrogen) atoms. The Kier molecular flexibility index (Phi) is 2.22. The minimum absolute atomic E-state index is 0.143. The first kappa shape index (κ1) is 14.4. The highest BCUT2D eigenvalue weighted by Crippen LogP contribution is 2.43. The zero-order valence-corrected chi connectivity index (χ0v) is 15.7. The minimum atomic E-state index is 0.143. The monoisotopic (exact) mass is 371 g/mol. The number of ether oxygens (including phenoxy) is 2. The van der Waals surface area contributed by atoms with Gasteiger partial charge in [0.25, 0.3) is 6.71 Å². The highest BCUT2D eigenvalue weighted by Gasteiger charge is 2.46. The van der Waals surface area contributed by atoms with E-state index in [1.54, 1.807) is 0 Å². The molecule has 4 heterocycles. The molecule has 0 spiro atoms. The fraction of sp³-hybridized carbons (Fsp3) is 0.0400. The summed E-state index contributed by atoms with van der Waals surface area (Å²) in [6, 6.07) is 23.5. The van der Waals surface area contributed by atoms with Crippen molar-refractivity contribution in [2.45, 2.75) is 6.92 Å². The first-order chi connectivity index (χ1) is 14.3. The van der Waals surface area contributed by atoms with Gasteiger partial charge in [-0.25, -0.2) is 0 Å². The van der Waals surface area contributed by atoms with Crippen molar-refractivity contribution in [3.05, 3.63) is 72.3 Å². The van der Waals surface area contributed by atoms with Crippen LogP contribution in [0.5, 0.6) is 23.0 Å². The molecule has 4 heteroatoms. The second-order valence-electron chi connectivity index (χ2n) is 8.18. The van der Waals surface area contributed by atoms with Crippen LogP contribution in [0.25, 0.3) is 27.5 Å². The van der Waals surface area contributed by atoms with E-state index in [-0.39, 0.29) is 6.71 Å². The second kappa shape index (κ2) is 4.49. The van der Waals surface area contributed by atoms with Gasteiger partial charge >= 0.3 is 0 Å². The zero-order valence-electron chi connectivity index (χ0n) is 15.7. The topological polar surface area (TPSA) is 23.4 Å². The van der Waals surface area contributed by atoms with Crippen molar-refractivity contribution >= 4 is 44.9 Å². The normalized spacial score (nSPS) is 14.2. The summed E-state index contributed by atoms with van der Waals surface area (Å²) in [5.74, 6) is 3.73. The Morgan fingerprint density at radius 1 is 0.724 bits per heavy atom. The van der Waals surface area contributed by atoms with Crippen LogP contribution in [0.15, 0.2) is 66.7 Å². The smallest absolute Gasteiger partial charge is 0.266 e. The number of benzene rings is 4. The van der Waals surface area contributed by atoms with Gasteiger partial charge in [-0.2, -0.15) is 0 Å². The molecule has 1 aromatic heterocycles. The first-order valence-corrected chi connectivity index (χ1v) is 10.00. The van der Waals surface area contributed by atoms with Gasteiger partial charge in [-0.1, -0.05) is 30.3 Å². The van der Waals surface area contributed by atoms with Gasteiger partial charge in [-0.15, -0.1) is 0 Å². The second-order valence-corrected chi connectivity index (χ2v) is 8.18. The van der Waals surface area contributed by atoms with Crippen molar-refractivity contribution in [3.8, 4) is 28.7 Å². The number of rotatable bonds is 0. The molecule has 0 N–H and O–H groups in total. The standard InChI is InChI=1S/C25H14BNO2/c1-13-12-20-24-25-21(13)14-6-2-3-7-15(14)27(25)16-8-4-9-17-22(16)26(24)23-18(28-17)10-5-11-19(23)29-20/h2-12H,1H3. The van der Waals surface area contributed by atoms with E-state index in [4.69, 9.17) is 9.47 Å². The molecule has 0 radical (unpaired) electrons. The number of fused-ring (bicyclic) bond motifs is 4. The van der Waals surface area contributed by atoms with Crippen LogP contribution >= 0.6 is 0 Å². The fourth-order valence-corrected chi connectivity index (χ4v) is 5.73. The molecule has 5 aromatic rings. The molecule has 3 nitrogen and oxygen atoms in total. The van der Waals surface area contributed by atoms with Gasteiger partial charge in [-0.3, -0.25) is 0 Å². The number of aryl methyl sites for hydroxylation is 1. The van der Waals surface area contributed by atoms with Crippen LogP contribution in [-0.2, 0) is 0 Å². The van der Waals surface area contributed by atoms with Gasteiger partial charge in [0.15, 0.2) is 0 Å². The van der Waals surface area contributed by atoms with Crippen LogP contribution in [0.2, 0.25) is 0 Å². The molecule has 0 bridgehead atoms. The number of hydrogen-bond donors (Lipinski definition) is 0. The SMILES string of the molecule is Cc1cc2c3c4c1c1ccccc1n4-c1cccc4c1B3c1c(cccc1O2)O4. The number of para-hydroxylation sites is 1. The molecule has 134 valence electrons. The lowest BCUT2D eigenvalue weighted by atomic mass is 9.33. The lowest BCUT2D eigenvalue weighted by Crippen LogP contribution is -2.60. The summed E-state index contributed by atoms with van der Waals surface area (Å²) in [5.41, 5.74) is 8.64. The summed E-state index contributed by atoms with van der Waals surface area (Å²) in [7, 11) is 0. The lowest BCUT2D eigenvalue weighted by molar-refractivity contribution is 0.464. The summed E-state index contributed by atoms with van der Waals surface area (Å²) in [6.07, 6.45) is 0. The van der Waals surface area contributed by atoms with E-state index in [0.717, 1.165) is 28.5 Å². The molecule has 3 aliphatic rings. The van der Waals surface area contributed by atoms with Crippen LogP contribution in [0.4, 0.5) is 0 Å². The third-order valence-electron chi connectivity index (χ3n) is 6.75. The van der Waals surface area contributed by atoms with Crippen molar-refractivity contribution in [3.63, 3.8) is 0 Å². The van der Waals surface area contributed by atoms with Crippen molar-refractivity contribution in [2.24, 2.45) is 0 Å². The number of aromatic nitrogens is 1. The van der Waals surface area contributed by atoms with E-state index in [1.807, 2.05) is 6.07 Å². The summed E-state index contributed by atoms with van der Waals surface area (Å²) >= 11 is 0. The van der Waals surface area contributed by atoms with E-state index in [1.165, 1.54) is 44.0 Å². The van der Waals surface area contributed by atoms with Crippen LogP contribution in [0.3, 0.4) is 0 Å². The minimum Gasteiger partial charge on any atom is -0.458 e. The van der Waals surface area contributed by atoms with Crippen molar-refractivity contribution in [1.82, 2.24) is 4.57 Å². The Morgan fingerprint density at radius 3 is 2.31 bits per heavy atom. The largest absolute Gasteiger partial charge is 0.458 e. The summed E-state index contributed by atoms with van der Waals surface area (Å²) in [6.45, 7) is 2.34. The molecule has 0 amide bonds. The Balaban J connectivity index is 1.71. The Bertz CT molecular complexity index is 1580. The lowest BCUT2D eigenvalue weighted by Gasteiger charge is -2.37. The van der Waals surface area contributed by atoms with E-state index < -0.39 is 0 Å². The predicted molar refractivity (Wildman–Crippen MR) is 117 cm³/mol. The highest BCUT2D eigenvalue weighted by atomic mass is 16.5. The third kappa shape index (κ3) is 1.46. The molecule has 0 aliphatic carbocycles. The highest BCUT2D eigenvalue weighted by molar-refractivity contribution is 7.00. The zero-order chi connectivity index (χ0) is 18.9. The van der Waals surface area contributed by atoms with Crippen LogP contribution in [-0.4, -0.2) is 11.3 Å². The van der Waals surface area contributed by atoms with Gasteiger partial charge in [0, 0.05) is 21.9 Å². The van der Waals surface area contributed by atoms with Crippen LogP contribution < -0.4 is 25.9 Å². The van der Waals surface area contributed by atoms with Gasteiger partial charge in [0.2, 0.25) is 0 Å². The molecule has 3 aliphatic heterocycles. The van der Waals surface area contributed by atoms with Crippen LogP contribution in [0, 0.1) is 6.92 Å². The summed E-state index contributed by atoms with van der Waals surface area (Å²) in [5, 5.41) is 2.62. The van der Waals surface area contributed by atoms with Crippen molar-refractivity contribution in [2.75, 3.05) is 0 Å². The molecule has 0 saturated carbocycles. The number of hydrogen-bond acceptors (Lipinski definition) is 2. The third-order valence-corrected chi connectivity index (χ3v) is 6.75. The number of nitrogens with zero attached hydrogens (tertiary/aromatic N) is 1. The van der Waals surface area contributed by atoms with E-state index in [2.05, 4.69) is 72.2 Å². The van der Waals surface area contributed by atoms with Crippen molar-refractivity contribution in [1.29, 1.82) is 0 Å². The van der Waals surface area contributed by atoms with Gasteiger partial charge < -0.3 is 14.0 Å². The molecule has 0 saturated heterocycles. The fourth-order valence-electron chi connectivity index (χ4n) is 5.73. The Hall–Kier alpha value is -3.66. The summed E-state index contributed by atoms with van der Waals surface area (Å²) < 4.78 is 15.2. The Labute approximate surface area is 167 Å². The average molecular weight is 371 g/mol. The van der Waals surface area contributed by atoms with Gasteiger partial charge in [0.05, 0.1) is 11.0 Å². The molecule has 8 rings (SSSR count). The van der Waals surface area contributed by atoms with Crippen LogP contribution in [0.1, 0.15) is 5.56 Å². The predicted octanol–water partition coefficient (Wildman–Crippen LogP) is 4.13. The summed E-state index contributed by atoms with van der Waals surface area (Å²) in [4.78, 5) is 0. The van der Waals surface area contributed by atoms with Gasteiger partial charge in [-0.05, 0) is 59.8 Å². The maximum absolute atomic E-state index is 6.45. The first-order valence-electron chi connectivity index (χ1n) is 10.00. The maximum atomic E-state index is 6.45. The average Bonchev–Trinajstić information content (AvgIpc) is 3.09. The van der Waals surface area contributed by atoms with E-state index >= 15 is 0 Å². The van der Waals surface area contributed by atoms with Gasteiger partial charge in [0.1, 0.15) is 23.0 Å². The molecule has 0 fully saturated rings. The van der Waals surface area contributed by atoms with Crippen molar-refractivity contribution < 1.29 is 9.47 Å². The Morgan fingerprint density at radius 2 is 1.45 bits per heavy atom. The van der Waals surface area contributed by atoms with E-state index in [9.17, 15) is 0 Å². The molecular weight excluding hydrogens is 357 g/mol. The molecule has 0 atom stereocenters. The van der Waals surface area contributed by atoms with E-state index in [0.29, 0.717) is 0 Å². The maximum Gasteiger partial charge on any atom is 0.266 e.